The van der Waals surface area contributed by atoms with Crippen LogP contribution < -0.4 is 0 Å². The first kappa shape index (κ1) is 33.7. The van der Waals surface area contributed by atoms with Gasteiger partial charge >= 0.3 is 54.9 Å². The lowest BCUT2D eigenvalue weighted by molar-refractivity contribution is -0.419. The fourth-order valence-electron chi connectivity index (χ4n) is 1.20. The van der Waals surface area contributed by atoms with E-state index in [0.717, 1.165) is 0 Å². The van der Waals surface area contributed by atoms with Gasteiger partial charge in [0.05, 0.1) is 0 Å². The van der Waals surface area contributed by atoms with Crippen LogP contribution in [-0.2, 0) is 18.9 Å². The van der Waals surface area contributed by atoms with Crippen LogP contribution in [0.25, 0.3) is 0 Å². The van der Waals surface area contributed by atoms with Gasteiger partial charge in [-0.2, -0.15) is 74.6 Å². The monoisotopic (exact) mass is 552 g/mol. The van der Waals surface area contributed by atoms with Gasteiger partial charge in [-0.3, -0.25) is 0 Å². The lowest BCUT2D eigenvalue weighted by Crippen LogP contribution is -2.59. The van der Waals surface area contributed by atoms with Crippen LogP contribution in [-0.4, -0.2) is 57.3 Å². The van der Waals surface area contributed by atoms with Crippen molar-refractivity contribution in [1.29, 1.82) is 0 Å². The highest BCUT2D eigenvalue weighted by molar-refractivity contribution is 4.95. The molecule has 0 unspecified atom stereocenters. The van der Waals surface area contributed by atoms with Gasteiger partial charge in [0, 0.05) is 0 Å². The van der Waals surface area contributed by atoms with E-state index in [2.05, 4.69) is 18.9 Å². The molecule has 0 bridgehead atoms. The molecule has 0 aromatic rings. The molecule has 4 nitrogen and oxygen atoms in total. The number of alkyl halides is 13. The van der Waals surface area contributed by atoms with Crippen molar-refractivity contribution in [2.24, 2.45) is 0 Å². The quantitative estimate of drug-likeness (QED) is 0.337. The minimum atomic E-state index is -7.14. The van der Waals surface area contributed by atoms with Gasteiger partial charge in [0.1, 0.15) is 26.4 Å². The molecule has 2 heterocycles. The summed E-state index contributed by atoms with van der Waals surface area (Å²) in [6.07, 6.45) is -17.7. The molecule has 0 atom stereocenters. The molecule has 0 saturated carbocycles. The predicted octanol–water partition coefficient (Wildman–Crippen LogP) is 6.76. The van der Waals surface area contributed by atoms with Crippen molar-refractivity contribution in [3.05, 3.63) is 24.1 Å². The molecule has 0 aliphatic carbocycles. The third-order valence-electron chi connectivity index (χ3n) is 2.51. The van der Waals surface area contributed by atoms with E-state index in [1.807, 2.05) is 0 Å². The summed E-state index contributed by atoms with van der Waals surface area (Å²) in [5.74, 6) is -15.5. The van der Waals surface area contributed by atoms with Crippen LogP contribution in [0.1, 0.15) is 0 Å². The normalized spacial score (nSPS) is 15.8. The summed E-state index contributed by atoms with van der Waals surface area (Å²) in [4.78, 5) is 0. The zero-order chi connectivity index (χ0) is 27.5. The first-order chi connectivity index (χ1) is 15.1. The highest BCUT2D eigenvalue weighted by Gasteiger charge is 2.82. The Labute approximate surface area is 176 Å². The third kappa shape index (κ3) is 11.1. The Morgan fingerprint density at radius 1 is 0.500 bits per heavy atom. The average Bonchev–Trinajstić information content (AvgIpc) is 3.34. The smallest absolute Gasteiger partial charge is 0.458 e. The Morgan fingerprint density at radius 3 is 0.765 bits per heavy atom. The van der Waals surface area contributed by atoms with E-state index in [1.165, 1.54) is 0 Å². The van der Waals surface area contributed by atoms with Gasteiger partial charge in [-0.25, -0.2) is 0 Å². The van der Waals surface area contributed by atoms with Gasteiger partial charge in [-0.1, -0.05) is 0 Å². The van der Waals surface area contributed by atoms with E-state index in [4.69, 9.17) is 0 Å². The Hall–Kier alpha value is -2.51. The molecule has 2 aliphatic rings. The summed E-state index contributed by atoms with van der Waals surface area (Å²) in [7, 11) is 0. The van der Waals surface area contributed by atoms with Crippen molar-refractivity contribution < 1.29 is 93.6 Å². The number of hydrogen-bond acceptors (Lipinski definition) is 4. The van der Waals surface area contributed by atoms with Gasteiger partial charge in [-0.15, -0.1) is 0 Å². The molecule has 0 N–H and O–H groups in total. The number of rotatable bonds is 1. The summed E-state index contributed by atoms with van der Waals surface area (Å²) in [6, 6.07) is 0. The number of hydrogen-bond donors (Lipinski definition) is 0. The standard InChI is InChI=1S/C4F10.2C4H4F2O2.CHF3/c5-1(6,3(9,10)11)2(7,8)4(12,13)14;2*5-3(6)4-7-1-2-8-4;2-1(3)4/h;2*1-2H2;1H. The molecule has 204 valence electrons. The van der Waals surface area contributed by atoms with Crippen LogP contribution in [0.2, 0.25) is 0 Å². The molecule has 0 aromatic heterocycles. The first-order valence-electron chi connectivity index (χ1n) is 7.52. The van der Waals surface area contributed by atoms with Gasteiger partial charge in [0.25, 0.3) is 0 Å². The fourth-order valence-corrected chi connectivity index (χ4v) is 1.20. The molecule has 21 heteroatoms. The Kier molecular flexibility index (Phi) is 13.3. The molecule has 2 rings (SSSR count). The maximum Gasteiger partial charge on any atom is 0.460 e. The van der Waals surface area contributed by atoms with Crippen LogP contribution in [0.3, 0.4) is 0 Å². The van der Waals surface area contributed by atoms with E-state index < -0.39 is 54.9 Å². The van der Waals surface area contributed by atoms with E-state index in [1.54, 1.807) is 0 Å². The summed E-state index contributed by atoms with van der Waals surface area (Å²) >= 11 is 0. The lowest BCUT2D eigenvalue weighted by Gasteiger charge is -2.29. The topological polar surface area (TPSA) is 36.9 Å². The van der Waals surface area contributed by atoms with E-state index in [0.29, 0.717) is 0 Å². The molecule has 2 aliphatic heterocycles. The summed E-state index contributed by atoms with van der Waals surface area (Å²) in [6.45, 7) is -2.75. The van der Waals surface area contributed by atoms with Crippen LogP contribution in [0.15, 0.2) is 24.1 Å². The second kappa shape index (κ2) is 13.4. The molecular formula is C13H9F17O4. The Bertz CT molecular complexity index is 587. The minimum absolute atomic E-state index is 0.229. The SMILES string of the molecule is FC(F)(F)C(F)(F)C(F)(F)C(F)(F)F.FC(F)=C1OCCO1.FC(F)=C1OCCO1.FC(F)F. The van der Waals surface area contributed by atoms with Crippen molar-refractivity contribution in [3.8, 4) is 0 Å². The maximum atomic E-state index is 11.6. The summed E-state index contributed by atoms with van der Waals surface area (Å²) in [5.41, 5.74) is 0. The Morgan fingerprint density at radius 2 is 0.676 bits per heavy atom. The van der Waals surface area contributed by atoms with E-state index >= 15 is 0 Å². The van der Waals surface area contributed by atoms with Crippen LogP contribution in [0.5, 0.6) is 0 Å². The fraction of sp³-hybridized carbons (Fsp3) is 0.692. The second-order valence-electron chi connectivity index (χ2n) is 4.88. The second-order valence-corrected chi connectivity index (χ2v) is 4.88. The van der Waals surface area contributed by atoms with Crippen molar-refractivity contribution in [3.63, 3.8) is 0 Å². The maximum absolute atomic E-state index is 11.6. The summed E-state index contributed by atoms with van der Waals surface area (Å²) < 4.78 is 205. The average molecular weight is 552 g/mol. The molecule has 0 spiro atoms. The predicted molar refractivity (Wildman–Crippen MR) is 71.4 cm³/mol. The van der Waals surface area contributed by atoms with Gasteiger partial charge in [0.2, 0.25) is 0 Å². The zero-order valence-electron chi connectivity index (χ0n) is 15.5. The molecule has 0 amide bonds. The first-order valence-corrected chi connectivity index (χ1v) is 7.52. The molecular weight excluding hydrogens is 543 g/mol. The van der Waals surface area contributed by atoms with Gasteiger partial charge in [0.15, 0.2) is 0 Å². The highest BCUT2D eigenvalue weighted by atomic mass is 19.4. The molecule has 2 fully saturated rings. The zero-order valence-corrected chi connectivity index (χ0v) is 15.5. The van der Waals surface area contributed by atoms with Crippen molar-refractivity contribution in [2.45, 2.75) is 30.9 Å². The number of ether oxygens (including phenoxy) is 4. The summed E-state index contributed by atoms with van der Waals surface area (Å²) in [5, 5.41) is 0. The van der Waals surface area contributed by atoms with E-state index in [-0.39, 0.29) is 26.4 Å². The van der Waals surface area contributed by atoms with Crippen molar-refractivity contribution >= 4 is 0 Å². The lowest BCUT2D eigenvalue weighted by atomic mass is 10.1. The molecule has 2 saturated heterocycles. The third-order valence-corrected chi connectivity index (χ3v) is 2.51. The van der Waals surface area contributed by atoms with E-state index in [9.17, 15) is 74.6 Å². The van der Waals surface area contributed by atoms with Gasteiger partial charge in [-0.05, 0) is 0 Å². The molecule has 0 aromatic carbocycles. The van der Waals surface area contributed by atoms with Crippen LogP contribution in [0, 0.1) is 0 Å². The van der Waals surface area contributed by atoms with Crippen LogP contribution in [0.4, 0.5) is 74.6 Å². The molecule has 0 radical (unpaired) electrons. The minimum Gasteiger partial charge on any atom is -0.458 e. The Balaban J connectivity index is 0. The molecule has 34 heavy (non-hydrogen) atoms. The largest absolute Gasteiger partial charge is 0.460 e. The van der Waals surface area contributed by atoms with Crippen molar-refractivity contribution in [2.75, 3.05) is 26.4 Å². The number of halogens is 17. The van der Waals surface area contributed by atoms with Gasteiger partial charge < -0.3 is 18.9 Å². The van der Waals surface area contributed by atoms with Crippen LogP contribution >= 0.6 is 0 Å². The highest BCUT2D eigenvalue weighted by Crippen LogP contribution is 2.53. The van der Waals surface area contributed by atoms with Crippen molar-refractivity contribution in [1.82, 2.24) is 0 Å².